The molecule has 2 aromatic carbocycles. The summed E-state index contributed by atoms with van der Waals surface area (Å²) in [6.07, 6.45) is 0. The van der Waals surface area contributed by atoms with Crippen molar-refractivity contribution in [1.29, 1.82) is 0 Å². The maximum absolute atomic E-state index is 6.06. The van der Waals surface area contributed by atoms with Crippen LogP contribution >= 0.6 is 63.0 Å². The van der Waals surface area contributed by atoms with Crippen LogP contribution in [0.25, 0.3) is 0 Å². The fourth-order valence-corrected chi connectivity index (χ4v) is 2.60. The van der Waals surface area contributed by atoms with E-state index in [0.29, 0.717) is 36.0 Å². The number of benzene rings is 2. The number of rotatable bonds is 3. The fourth-order valence-electron chi connectivity index (χ4n) is 1.44. The van der Waals surface area contributed by atoms with E-state index in [1.807, 2.05) is 0 Å². The van der Waals surface area contributed by atoms with Gasteiger partial charge in [-0.2, -0.15) is 0 Å². The molecule has 2 aromatic rings. The number of hydrogen-bond acceptors (Lipinski definition) is 2. The Kier molecular flexibility index (Phi) is 5.15. The van der Waals surface area contributed by atoms with Crippen LogP contribution in [0, 0.1) is 0 Å². The first-order chi connectivity index (χ1) is 9.38. The van der Waals surface area contributed by atoms with E-state index in [9.17, 15) is 0 Å². The standard InChI is InChI=1S/C13H7BrCl3NOS/c14-7-3-6(13(18)20)1-2-11(7)19-12-5-9(16)8(15)4-10(12)17/h1-5H,(H2,18,20). The highest BCUT2D eigenvalue weighted by atomic mass is 79.9. The van der Waals surface area contributed by atoms with Gasteiger partial charge in [0.1, 0.15) is 16.5 Å². The zero-order valence-electron chi connectivity index (χ0n) is 9.79. The molecule has 0 saturated heterocycles. The van der Waals surface area contributed by atoms with Gasteiger partial charge in [-0.15, -0.1) is 0 Å². The van der Waals surface area contributed by atoms with Crippen LogP contribution < -0.4 is 10.5 Å². The van der Waals surface area contributed by atoms with Crippen LogP contribution in [0.3, 0.4) is 0 Å². The molecule has 0 aliphatic heterocycles. The van der Waals surface area contributed by atoms with Crippen LogP contribution in [0.2, 0.25) is 15.1 Å². The Morgan fingerprint density at radius 3 is 2.25 bits per heavy atom. The largest absolute Gasteiger partial charge is 0.455 e. The topological polar surface area (TPSA) is 35.2 Å². The summed E-state index contributed by atoms with van der Waals surface area (Å²) in [5.74, 6) is 0.968. The molecule has 104 valence electrons. The molecule has 0 aliphatic carbocycles. The van der Waals surface area contributed by atoms with E-state index in [4.69, 9.17) is 57.5 Å². The first kappa shape index (κ1) is 15.9. The maximum Gasteiger partial charge on any atom is 0.147 e. The summed E-state index contributed by atoms with van der Waals surface area (Å²) in [5, 5.41) is 1.10. The van der Waals surface area contributed by atoms with E-state index >= 15 is 0 Å². The van der Waals surface area contributed by atoms with Crippen molar-refractivity contribution in [3.05, 3.63) is 55.4 Å². The third-order valence-electron chi connectivity index (χ3n) is 2.41. The Hall–Kier alpha value is -0.520. The first-order valence-electron chi connectivity index (χ1n) is 5.30. The van der Waals surface area contributed by atoms with Crippen LogP contribution in [0.15, 0.2) is 34.8 Å². The summed E-state index contributed by atoms with van der Waals surface area (Å²) in [4.78, 5) is 0.310. The number of thiocarbonyl (C=S) groups is 1. The second-order valence-electron chi connectivity index (χ2n) is 3.81. The second-order valence-corrected chi connectivity index (χ2v) is 6.32. The highest BCUT2D eigenvalue weighted by Crippen LogP contribution is 2.38. The van der Waals surface area contributed by atoms with Gasteiger partial charge >= 0.3 is 0 Å². The number of hydrogen-bond donors (Lipinski definition) is 1. The molecule has 0 aromatic heterocycles. The van der Waals surface area contributed by atoms with Crippen molar-refractivity contribution in [2.45, 2.75) is 0 Å². The molecule has 7 heteroatoms. The molecular formula is C13H7BrCl3NOS. The van der Waals surface area contributed by atoms with Crippen molar-refractivity contribution in [2.24, 2.45) is 5.73 Å². The Labute approximate surface area is 144 Å². The van der Waals surface area contributed by atoms with Gasteiger partial charge in [-0.3, -0.25) is 0 Å². The van der Waals surface area contributed by atoms with E-state index in [1.54, 1.807) is 24.3 Å². The zero-order chi connectivity index (χ0) is 14.9. The lowest BCUT2D eigenvalue weighted by atomic mass is 10.2. The maximum atomic E-state index is 6.06. The average molecular weight is 412 g/mol. The van der Waals surface area contributed by atoms with Gasteiger partial charge in [0.15, 0.2) is 0 Å². The predicted octanol–water partition coefficient (Wildman–Crippen LogP) is 5.84. The van der Waals surface area contributed by atoms with Gasteiger partial charge in [0.25, 0.3) is 0 Å². The van der Waals surface area contributed by atoms with Gasteiger partial charge in [0.05, 0.1) is 19.5 Å². The van der Waals surface area contributed by atoms with Gasteiger partial charge in [-0.25, -0.2) is 0 Å². The van der Waals surface area contributed by atoms with E-state index in [1.165, 1.54) is 6.07 Å². The predicted molar refractivity (Wildman–Crippen MR) is 91.6 cm³/mol. The third kappa shape index (κ3) is 3.57. The van der Waals surface area contributed by atoms with Crippen molar-refractivity contribution in [3.8, 4) is 11.5 Å². The first-order valence-corrected chi connectivity index (χ1v) is 7.63. The fraction of sp³-hybridized carbons (Fsp3) is 0. The van der Waals surface area contributed by atoms with Crippen LogP contribution in [0.4, 0.5) is 0 Å². The Balaban J connectivity index is 2.35. The van der Waals surface area contributed by atoms with Crippen molar-refractivity contribution in [1.82, 2.24) is 0 Å². The molecule has 0 saturated carbocycles. The molecule has 2 rings (SSSR count). The van der Waals surface area contributed by atoms with Crippen molar-refractivity contribution in [2.75, 3.05) is 0 Å². The van der Waals surface area contributed by atoms with Gasteiger partial charge in [0.2, 0.25) is 0 Å². The molecule has 0 amide bonds. The molecule has 0 spiro atoms. The van der Waals surface area contributed by atoms with Gasteiger partial charge < -0.3 is 10.5 Å². The molecule has 0 fully saturated rings. The minimum Gasteiger partial charge on any atom is -0.455 e. The molecule has 0 bridgehead atoms. The number of nitrogens with two attached hydrogens (primary N) is 1. The van der Waals surface area contributed by atoms with E-state index < -0.39 is 0 Å². The van der Waals surface area contributed by atoms with Gasteiger partial charge in [-0.1, -0.05) is 47.0 Å². The van der Waals surface area contributed by atoms with Crippen LogP contribution in [-0.2, 0) is 0 Å². The molecule has 0 atom stereocenters. The van der Waals surface area contributed by atoms with Crippen LogP contribution in [0.5, 0.6) is 11.5 Å². The SMILES string of the molecule is NC(=S)c1ccc(Oc2cc(Cl)c(Cl)cc2Cl)c(Br)c1. The molecule has 0 radical (unpaired) electrons. The molecule has 20 heavy (non-hydrogen) atoms. The smallest absolute Gasteiger partial charge is 0.147 e. The number of ether oxygens (including phenoxy) is 1. The second kappa shape index (κ2) is 6.50. The van der Waals surface area contributed by atoms with Crippen LogP contribution in [0.1, 0.15) is 5.56 Å². The monoisotopic (exact) mass is 409 g/mol. The average Bonchev–Trinajstić information content (AvgIpc) is 2.37. The molecular weight excluding hydrogens is 404 g/mol. The Morgan fingerprint density at radius 2 is 1.65 bits per heavy atom. The quantitative estimate of drug-likeness (QED) is 0.509. The Morgan fingerprint density at radius 1 is 1.00 bits per heavy atom. The van der Waals surface area contributed by atoms with Crippen molar-refractivity contribution >= 4 is 67.9 Å². The van der Waals surface area contributed by atoms with E-state index in [0.717, 1.165) is 5.56 Å². The van der Waals surface area contributed by atoms with Crippen LogP contribution in [-0.4, -0.2) is 4.99 Å². The molecule has 0 unspecified atom stereocenters. The summed E-state index contributed by atoms with van der Waals surface area (Å²) >= 11 is 26.2. The minimum absolute atomic E-state index is 0.310. The summed E-state index contributed by atoms with van der Waals surface area (Å²) in [6.45, 7) is 0. The zero-order valence-corrected chi connectivity index (χ0v) is 14.5. The lowest BCUT2D eigenvalue weighted by Crippen LogP contribution is -2.09. The van der Waals surface area contributed by atoms with Crippen molar-refractivity contribution < 1.29 is 4.74 Å². The summed E-state index contributed by atoms with van der Waals surface area (Å²) in [5.41, 5.74) is 6.30. The number of halogens is 4. The molecule has 0 aliphatic rings. The van der Waals surface area contributed by atoms with Crippen molar-refractivity contribution in [3.63, 3.8) is 0 Å². The normalized spacial score (nSPS) is 10.4. The molecule has 0 heterocycles. The summed E-state index contributed by atoms with van der Waals surface area (Å²) < 4.78 is 6.40. The van der Waals surface area contributed by atoms with E-state index in [2.05, 4.69) is 15.9 Å². The summed E-state index contributed by atoms with van der Waals surface area (Å²) in [6, 6.07) is 8.34. The van der Waals surface area contributed by atoms with E-state index in [-0.39, 0.29) is 0 Å². The highest BCUT2D eigenvalue weighted by Gasteiger charge is 2.11. The molecule has 2 N–H and O–H groups in total. The van der Waals surface area contributed by atoms with Gasteiger partial charge in [0, 0.05) is 11.6 Å². The lowest BCUT2D eigenvalue weighted by molar-refractivity contribution is 0.480. The Bertz CT molecular complexity index is 694. The molecule has 2 nitrogen and oxygen atoms in total. The lowest BCUT2D eigenvalue weighted by Gasteiger charge is -2.11. The highest BCUT2D eigenvalue weighted by molar-refractivity contribution is 9.10. The minimum atomic E-state index is 0.310. The third-order valence-corrected chi connectivity index (χ3v) is 4.28. The summed E-state index contributed by atoms with van der Waals surface area (Å²) in [7, 11) is 0. The van der Waals surface area contributed by atoms with Gasteiger partial charge in [-0.05, 0) is 40.2 Å².